The summed E-state index contributed by atoms with van der Waals surface area (Å²) in [6.45, 7) is 8.88. The molecule has 3 unspecified atom stereocenters. The zero-order valence-corrected chi connectivity index (χ0v) is 14.1. The standard InChI is InChI=1S/C16H24BrNO2/c1-4-18-15(16-11(3)8-9-20-16)13-7-6-12(19-5-2)10-14(13)17/h6-7,10-11,15-16,18H,4-5,8-9H2,1-3H3. The van der Waals surface area contributed by atoms with E-state index in [0.717, 1.165) is 29.8 Å². The van der Waals surface area contributed by atoms with Gasteiger partial charge in [0.25, 0.3) is 0 Å². The van der Waals surface area contributed by atoms with Gasteiger partial charge in [0, 0.05) is 11.1 Å². The van der Waals surface area contributed by atoms with E-state index in [-0.39, 0.29) is 12.1 Å². The quantitative estimate of drug-likeness (QED) is 0.850. The third kappa shape index (κ3) is 3.54. The van der Waals surface area contributed by atoms with Crippen molar-refractivity contribution in [2.75, 3.05) is 19.8 Å². The van der Waals surface area contributed by atoms with Gasteiger partial charge in [-0.1, -0.05) is 35.8 Å². The van der Waals surface area contributed by atoms with E-state index in [4.69, 9.17) is 9.47 Å². The first-order valence-corrected chi connectivity index (χ1v) is 8.23. The molecule has 0 amide bonds. The van der Waals surface area contributed by atoms with Gasteiger partial charge in [-0.2, -0.15) is 0 Å². The Kier molecular flexibility index (Phi) is 5.87. The Labute approximate surface area is 130 Å². The SMILES string of the molecule is CCNC(c1ccc(OCC)cc1Br)C1OCCC1C. The van der Waals surface area contributed by atoms with Crippen molar-refractivity contribution in [3.05, 3.63) is 28.2 Å². The van der Waals surface area contributed by atoms with Crippen LogP contribution in [0.25, 0.3) is 0 Å². The molecule has 3 atom stereocenters. The molecule has 4 heteroatoms. The van der Waals surface area contributed by atoms with Crippen LogP contribution in [0.15, 0.2) is 22.7 Å². The van der Waals surface area contributed by atoms with Gasteiger partial charge in [-0.15, -0.1) is 0 Å². The molecule has 1 heterocycles. The smallest absolute Gasteiger partial charge is 0.120 e. The van der Waals surface area contributed by atoms with E-state index in [9.17, 15) is 0 Å². The van der Waals surface area contributed by atoms with E-state index in [2.05, 4.69) is 41.2 Å². The second-order valence-electron chi connectivity index (χ2n) is 5.25. The number of ether oxygens (including phenoxy) is 2. The summed E-state index contributed by atoms with van der Waals surface area (Å²) in [6.07, 6.45) is 1.38. The monoisotopic (exact) mass is 341 g/mol. The summed E-state index contributed by atoms with van der Waals surface area (Å²) < 4.78 is 12.6. The third-order valence-corrected chi connectivity index (χ3v) is 4.50. The number of likely N-dealkylation sites (N-methyl/N-ethyl adjacent to an activating group) is 1. The maximum atomic E-state index is 5.95. The Bertz CT molecular complexity index is 438. The van der Waals surface area contributed by atoms with Gasteiger partial charge < -0.3 is 14.8 Å². The molecule has 1 saturated heterocycles. The van der Waals surface area contributed by atoms with Crippen LogP contribution in [0.2, 0.25) is 0 Å². The summed E-state index contributed by atoms with van der Waals surface area (Å²) in [5.74, 6) is 1.48. The van der Waals surface area contributed by atoms with Crippen molar-refractivity contribution in [1.82, 2.24) is 5.32 Å². The molecule has 0 radical (unpaired) electrons. The predicted octanol–water partition coefficient (Wildman–Crippen LogP) is 3.92. The van der Waals surface area contributed by atoms with Crippen molar-refractivity contribution in [2.45, 2.75) is 39.3 Å². The number of rotatable bonds is 6. The molecule has 1 N–H and O–H groups in total. The minimum Gasteiger partial charge on any atom is -0.494 e. The highest BCUT2D eigenvalue weighted by Gasteiger charge is 2.33. The molecule has 1 aromatic rings. The van der Waals surface area contributed by atoms with Crippen molar-refractivity contribution in [1.29, 1.82) is 0 Å². The first-order valence-electron chi connectivity index (χ1n) is 7.44. The lowest BCUT2D eigenvalue weighted by Gasteiger charge is -2.28. The average Bonchev–Trinajstić information content (AvgIpc) is 2.83. The summed E-state index contributed by atoms with van der Waals surface area (Å²) in [4.78, 5) is 0. The van der Waals surface area contributed by atoms with Crippen molar-refractivity contribution in [3.8, 4) is 5.75 Å². The molecule has 0 saturated carbocycles. The second-order valence-corrected chi connectivity index (χ2v) is 6.11. The summed E-state index contributed by atoms with van der Waals surface area (Å²) >= 11 is 3.68. The van der Waals surface area contributed by atoms with E-state index in [1.54, 1.807) is 0 Å². The molecular formula is C16H24BrNO2. The Morgan fingerprint density at radius 1 is 1.45 bits per heavy atom. The van der Waals surface area contributed by atoms with Crippen molar-refractivity contribution >= 4 is 15.9 Å². The van der Waals surface area contributed by atoms with Crippen LogP contribution in [-0.2, 0) is 4.74 Å². The summed E-state index contributed by atoms with van der Waals surface area (Å²) in [7, 11) is 0. The predicted molar refractivity (Wildman–Crippen MR) is 85.2 cm³/mol. The second kappa shape index (κ2) is 7.43. The highest BCUT2D eigenvalue weighted by molar-refractivity contribution is 9.10. The lowest BCUT2D eigenvalue weighted by molar-refractivity contribution is 0.0610. The van der Waals surface area contributed by atoms with Gasteiger partial charge >= 0.3 is 0 Å². The van der Waals surface area contributed by atoms with Gasteiger partial charge in [0.05, 0.1) is 18.8 Å². The van der Waals surface area contributed by atoms with Crippen LogP contribution in [0.4, 0.5) is 0 Å². The van der Waals surface area contributed by atoms with Gasteiger partial charge in [-0.3, -0.25) is 0 Å². The van der Waals surface area contributed by atoms with Gasteiger partial charge in [0.15, 0.2) is 0 Å². The zero-order chi connectivity index (χ0) is 14.5. The molecule has 3 nitrogen and oxygen atoms in total. The molecule has 2 rings (SSSR count). The molecule has 1 fully saturated rings. The van der Waals surface area contributed by atoms with Crippen LogP contribution in [0.3, 0.4) is 0 Å². The molecule has 1 aliphatic heterocycles. The van der Waals surface area contributed by atoms with Crippen molar-refractivity contribution in [2.24, 2.45) is 5.92 Å². The number of hydrogen-bond donors (Lipinski definition) is 1. The fraction of sp³-hybridized carbons (Fsp3) is 0.625. The molecule has 0 spiro atoms. The molecular weight excluding hydrogens is 318 g/mol. The average molecular weight is 342 g/mol. The van der Waals surface area contributed by atoms with Crippen LogP contribution < -0.4 is 10.1 Å². The lowest BCUT2D eigenvalue weighted by atomic mass is 9.92. The topological polar surface area (TPSA) is 30.5 Å². The largest absolute Gasteiger partial charge is 0.494 e. The van der Waals surface area contributed by atoms with E-state index < -0.39 is 0 Å². The molecule has 20 heavy (non-hydrogen) atoms. The van der Waals surface area contributed by atoms with E-state index in [1.807, 2.05) is 19.1 Å². The van der Waals surface area contributed by atoms with Crippen molar-refractivity contribution < 1.29 is 9.47 Å². The lowest BCUT2D eigenvalue weighted by Crippen LogP contribution is -2.34. The summed E-state index contributed by atoms with van der Waals surface area (Å²) in [5, 5.41) is 3.57. The first kappa shape index (κ1) is 15.8. The number of halogens is 1. The minimum atomic E-state index is 0.225. The Morgan fingerprint density at radius 2 is 2.25 bits per heavy atom. The van der Waals surface area contributed by atoms with Gasteiger partial charge in [-0.25, -0.2) is 0 Å². The minimum absolute atomic E-state index is 0.225. The number of nitrogens with one attached hydrogen (secondary N) is 1. The van der Waals surface area contributed by atoms with Gasteiger partial charge in [0.2, 0.25) is 0 Å². The van der Waals surface area contributed by atoms with Crippen LogP contribution in [0.1, 0.15) is 38.8 Å². The Balaban J connectivity index is 2.24. The van der Waals surface area contributed by atoms with Crippen LogP contribution in [0, 0.1) is 5.92 Å². The van der Waals surface area contributed by atoms with E-state index >= 15 is 0 Å². The fourth-order valence-electron chi connectivity index (χ4n) is 2.78. The first-order chi connectivity index (χ1) is 9.67. The van der Waals surface area contributed by atoms with Crippen LogP contribution in [-0.4, -0.2) is 25.9 Å². The Morgan fingerprint density at radius 3 is 2.80 bits per heavy atom. The zero-order valence-electron chi connectivity index (χ0n) is 12.5. The van der Waals surface area contributed by atoms with Crippen LogP contribution in [0.5, 0.6) is 5.75 Å². The van der Waals surface area contributed by atoms with Gasteiger partial charge in [-0.05, 0) is 43.5 Å². The Hall–Kier alpha value is -0.580. The summed E-state index contributed by atoms with van der Waals surface area (Å²) in [6, 6.07) is 6.44. The third-order valence-electron chi connectivity index (χ3n) is 3.81. The highest BCUT2D eigenvalue weighted by Crippen LogP contribution is 2.35. The maximum absolute atomic E-state index is 5.95. The molecule has 1 aromatic carbocycles. The molecule has 112 valence electrons. The highest BCUT2D eigenvalue weighted by atomic mass is 79.9. The maximum Gasteiger partial charge on any atom is 0.120 e. The molecule has 0 aliphatic carbocycles. The molecule has 0 aromatic heterocycles. The number of hydrogen-bond acceptors (Lipinski definition) is 3. The van der Waals surface area contributed by atoms with Crippen molar-refractivity contribution in [3.63, 3.8) is 0 Å². The fourth-order valence-corrected chi connectivity index (χ4v) is 3.39. The number of benzene rings is 1. The molecule has 0 bridgehead atoms. The van der Waals surface area contributed by atoms with Gasteiger partial charge in [0.1, 0.15) is 5.75 Å². The normalized spacial score (nSPS) is 23.8. The summed E-state index contributed by atoms with van der Waals surface area (Å²) in [5.41, 5.74) is 1.24. The van der Waals surface area contributed by atoms with E-state index in [1.165, 1.54) is 5.56 Å². The molecule has 1 aliphatic rings. The van der Waals surface area contributed by atoms with E-state index in [0.29, 0.717) is 12.5 Å². The van der Waals surface area contributed by atoms with Crippen LogP contribution >= 0.6 is 15.9 Å².